The molecule has 0 aliphatic heterocycles. The van der Waals surface area contributed by atoms with Crippen LogP contribution in [-0.4, -0.2) is 30.3 Å². The van der Waals surface area contributed by atoms with Crippen molar-refractivity contribution in [3.63, 3.8) is 0 Å². The molecule has 1 atom stereocenters. The first-order valence-corrected chi connectivity index (χ1v) is 7.49. The van der Waals surface area contributed by atoms with E-state index in [9.17, 15) is 9.90 Å². The van der Waals surface area contributed by atoms with Crippen molar-refractivity contribution in [3.05, 3.63) is 35.9 Å². The van der Waals surface area contributed by atoms with Crippen LogP contribution in [0.1, 0.15) is 31.2 Å². The number of aryl methyl sites for hydroxylation is 1. The monoisotopic (exact) mass is 276 g/mol. The Balaban J connectivity index is 1.47. The topological polar surface area (TPSA) is 61.4 Å². The Kier molecular flexibility index (Phi) is 5.87. The summed E-state index contributed by atoms with van der Waals surface area (Å²) in [7, 11) is 0. The van der Waals surface area contributed by atoms with Crippen LogP contribution in [0.25, 0.3) is 0 Å². The minimum absolute atomic E-state index is 0.138. The van der Waals surface area contributed by atoms with Gasteiger partial charge in [0, 0.05) is 13.1 Å². The lowest BCUT2D eigenvalue weighted by molar-refractivity contribution is 0.141. The molecule has 1 aliphatic rings. The van der Waals surface area contributed by atoms with E-state index in [1.54, 1.807) is 0 Å². The van der Waals surface area contributed by atoms with Crippen LogP contribution in [0.15, 0.2) is 30.3 Å². The zero-order valence-corrected chi connectivity index (χ0v) is 11.8. The second kappa shape index (κ2) is 7.90. The molecule has 1 aromatic rings. The number of rotatable bonds is 8. The number of aliphatic hydroxyl groups is 1. The molecule has 0 spiro atoms. The second-order valence-corrected chi connectivity index (χ2v) is 5.47. The summed E-state index contributed by atoms with van der Waals surface area (Å²) in [6, 6.07) is 10.1. The highest BCUT2D eigenvalue weighted by molar-refractivity contribution is 5.73. The first-order valence-electron chi connectivity index (χ1n) is 7.49. The molecule has 110 valence electrons. The predicted molar refractivity (Wildman–Crippen MR) is 79.5 cm³/mol. The maximum absolute atomic E-state index is 11.5. The van der Waals surface area contributed by atoms with Gasteiger partial charge in [-0.25, -0.2) is 4.79 Å². The number of benzene rings is 1. The van der Waals surface area contributed by atoms with Gasteiger partial charge in [-0.05, 0) is 43.6 Å². The van der Waals surface area contributed by atoms with Crippen LogP contribution >= 0.6 is 0 Å². The van der Waals surface area contributed by atoms with Gasteiger partial charge in [-0.15, -0.1) is 0 Å². The third-order valence-corrected chi connectivity index (χ3v) is 3.66. The molecule has 0 saturated heterocycles. The quantitative estimate of drug-likeness (QED) is 0.637. The molecule has 3 N–H and O–H groups in total. The van der Waals surface area contributed by atoms with E-state index in [-0.39, 0.29) is 12.1 Å². The Bertz CT molecular complexity index is 404. The first kappa shape index (κ1) is 14.9. The molecule has 0 radical (unpaired) electrons. The summed E-state index contributed by atoms with van der Waals surface area (Å²) >= 11 is 0. The summed E-state index contributed by atoms with van der Waals surface area (Å²) < 4.78 is 0. The zero-order valence-electron chi connectivity index (χ0n) is 11.8. The summed E-state index contributed by atoms with van der Waals surface area (Å²) in [4.78, 5) is 11.5. The average Bonchev–Trinajstić information content (AvgIpc) is 3.29. The lowest BCUT2D eigenvalue weighted by Crippen LogP contribution is -2.37. The van der Waals surface area contributed by atoms with Crippen molar-refractivity contribution in [1.29, 1.82) is 0 Å². The molecule has 20 heavy (non-hydrogen) atoms. The largest absolute Gasteiger partial charge is 0.393 e. The van der Waals surface area contributed by atoms with Crippen LogP contribution in [-0.2, 0) is 6.42 Å². The van der Waals surface area contributed by atoms with Crippen molar-refractivity contribution < 1.29 is 9.90 Å². The fourth-order valence-electron chi connectivity index (χ4n) is 2.25. The number of carbonyl (C=O) groups excluding carboxylic acids is 1. The van der Waals surface area contributed by atoms with Gasteiger partial charge in [-0.2, -0.15) is 0 Å². The van der Waals surface area contributed by atoms with Gasteiger partial charge in [-0.1, -0.05) is 30.3 Å². The molecular formula is C16H24N2O2. The molecule has 0 heterocycles. The molecule has 2 rings (SSSR count). The average molecular weight is 276 g/mol. The van der Waals surface area contributed by atoms with Crippen LogP contribution in [0.3, 0.4) is 0 Å². The standard InChI is InChI=1S/C16H24N2O2/c19-15(14-8-9-14)10-12-18-16(20)17-11-4-7-13-5-2-1-3-6-13/h1-3,5-6,14-15,19H,4,7-12H2,(H2,17,18,20)/t15-/m0/s1. The minimum atomic E-state index is -0.242. The molecule has 1 aromatic carbocycles. The van der Waals surface area contributed by atoms with Crippen molar-refractivity contribution >= 4 is 6.03 Å². The van der Waals surface area contributed by atoms with E-state index in [1.165, 1.54) is 5.56 Å². The van der Waals surface area contributed by atoms with Crippen molar-refractivity contribution in [2.24, 2.45) is 5.92 Å². The highest BCUT2D eigenvalue weighted by atomic mass is 16.3. The summed E-state index contributed by atoms with van der Waals surface area (Å²) in [5.41, 5.74) is 1.29. The molecular weight excluding hydrogens is 252 g/mol. The smallest absolute Gasteiger partial charge is 0.314 e. The molecule has 1 aliphatic carbocycles. The Morgan fingerprint density at radius 1 is 1.20 bits per heavy atom. The van der Waals surface area contributed by atoms with E-state index < -0.39 is 0 Å². The second-order valence-electron chi connectivity index (χ2n) is 5.47. The van der Waals surface area contributed by atoms with Crippen LogP contribution < -0.4 is 10.6 Å². The van der Waals surface area contributed by atoms with Gasteiger partial charge >= 0.3 is 6.03 Å². The fourth-order valence-corrected chi connectivity index (χ4v) is 2.25. The van der Waals surface area contributed by atoms with Gasteiger partial charge in [-0.3, -0.25) is 0 Å². The van der Waals surface area contributed by atoms with Crippen LogP contribution in [0.4, 0.5) is 4.79 Å². The SMILES string of the molecule is O=C(NCCCc1ccccc1)NCC[C@H](O)C1CC1. The summed E-state index contributed by atoms with van der Waals surface area (Å²) in [6.45, 7) is 1.22. The Labute approximate surface area is 120 Å². The lowest BCUT2D eigenvalue weighted by atomic mass is 10.1. The van der Waals surface area contributed by atoms with Crippen LogP contribution in [0.5, 0.6) is 0 Å². The van der Waals surface area contributed by atoms with Crippen LogP contribution in [0.2, 0.25) is 0 Å². The molecule has 4 heteroatoms. The summed E-state index contributed by atoms with van der Waals surface area (Å²) in [6.07, 6.45) is 4.58. The minimum Gasteiger partial charge on any atom is -0.393 e. The van der Waals surface area contributed by atoms with Gasteiger partial charge in [0.15, 0.2) is 0 Å². The number of carbonyl (C=O) groups is 1. The third kappa shape index (κ3) is 5.61. The highest BCUT2D eigenvalue weighted by Crippen LogP contribution is 2.33. The number of hydrogen-bond acceptors (Lipinski definition) is 2. The van der Waals surface area contributed by atoms with Gasteiger partial charge in [0.1, 0.15) is 0 Å². The number of amides is 2. The van der Waals surface area contributed by atoms with E-state index in [0.717, 1.165) is 25.7 Å². The number of nitrogens with one attached hydrogen (secondary N) is 2. The highest BCUT2D eigenvalue weighted by Gasteiger charge is 2.29. The van der Waals surface area contributed by atoms with E-state index in [4.69, 9.17) is 0 Å². The summed E-state index contributed by atoms with van der Waals surface area (Å²) in [5.74, 6) is 0.478. The van der Waals surface area contributed by atoms with E-state index in [1.807, 2.05) is 18.2 Å². The predicted octanol–water partition coefficient (Wildman–Crippen LogP) is 2.08. The molecule has 4 nitrogen and oxygen atoms in total. The fraction of sp³-hybridized carbons (Fsp3) is 0.562. The number of hydrogen-bond donors (Lipinski definition) is 3. The van der Waals surface area contributed by atoms with Crippen LogP contribution in [0, 0.1) is 5.92 Å². The van der Waals surface area contributed by atoms with Gasteiger partial charge in [0.2, 0.25) is 0 Å². The van der Waals surface area contributed by atoms with Crippen molar-refractivity contribution in [2.45, 2.75) is 38.2 Å². The van der Waals surface area contributed by atoms with E-state index in [2.05, 4.69) is 22.8 Å². The molecule has 0 unspecified atom stereocenters. The number of urea groups is 1. The molecule has 0 aromatic heterocycles. The normalized spacial score (nSPS) is 15.7. The first-order chi connectivity index (χ1) is 9.75. The van der Waals surface area contributed by atoms with Gasteiger partial charge in [0.05, 0.1) is 6.10 Å². The van der Waals surface area contributed by atoms with Crippen molar-refractivity contribution in [2.75, 3.05) is 13.1 Å². The van der Waals surface area contributed by atoms with E-state index >= 15 is 0 Å². The van der Waals surface area contributed by atoms with Crippen molar-refractivity contribution in [1.82, 2.24) is 10.6 Å². The van der Waals surface area contributed by atoms with Crippen molar-refractivity contribution in [3.8, 4) is 0 Å². The maximum Gasteiger partial charge on any atom is 0.314 e. The van der Waals surface area contributed by atoms with Gasteiger partial charge in [0.25, 0.3) is 0 Å². The number of aliphatic hydroxyl groups excluding tert-OH is 1. The maximum atomic E-state index is 11.5. The third-order valence-electron chi connectivity index (χ3n) is 3.66. The lowest BCUT2D eigenvalue weighted by Gasteiger charge is -2.10. The summed E-state index contributed by atoms with van der Waals surface area (Å²) in [5, 5.41) is 15.3. The Morgan fingerprint density at radius 3 is 2.60 bits per heavy atom. The van der Waals surface area contributed by atoms with Gasteiger partial charge < -0.3 is 15.7 Å². The Hall–Kier alpha value is -1.55. The molecule has 2 amide bonds. The molecule has 0 bridgehead atoms. The zero-order chi connectivity index (χ0) is 14.2. The molecule has 1 fully saturated rings. The van der Waals surface area contributed by atoms with E-state index in [0.29, 0.717) is 25.4 Å². The molecule has 1 saturated carbocycles. The Morgan fingerprint density at radius 2 is 1.90 bits per heavy atom.